The number of unbranched alkanes of at least 4 members (excludes halogenated alkanes) is 3. The van der Waals surface area contributed by atoms with Crippen LogP contribution in [0.3, 0.4) is 0 Å². The van der Waals surface area contributed by atoms with E-state index in [1.807, 2.05) is 0 Å². The molecule has 0 spiro atoms. The molecule has 0 aliphatic heterocycles. The Balaban J connectivity index is -0.000000165. The molecule has 3 N–H and O–H groups in total. The molecule has 0 heterocycles. The summed E-state index contributed by atoms with van der Waals surface area (Å²) in [6.45, 7) is 6.94. The Bertz CT molecular complexity index is 151. The molecule has 0 rings (SSSR count). The van der Waals surface area contributed by atoms with E-state index in [1.54, 1.807) is 18.5 Å². The van der Waals surface area contributed by atoms with Crippen LogP contribution in [-0.4, -0.2) is 28.9 Å². The van der Waals surface area contributed by atoms with E-state index in [-0.39, 0.29) is 35.0 Å². The van der Waals surface area contributed by atoms with Gasteiger partial charge in [-0.3, -0.25) is 0 Å². The van der Waals surface area contributed by atoms with Crippen LogP contribution in [0.4, 0.5) is 0 Å². The third kappa shape index (κ3) is 32.8. The fourth-order valence-electron chi connectivity index (χ4n) is 1.48. The molecule has 0 saturated carbocycles. The van der Waals surface area contributed by atoms with Crippen LogP contribution in [0, 0.1) is 0 Å². The van der Waals surface area contributed by atoms with Crippen molar-refractivity contribution in [3.8, 4) is 0 Å². The first kappa shape index (κ1) is 28.7. The van der Waals surface area contributed by atoms with Gasteiger partial charge >= 0.3 is 29.6 Å². The maximum Gasteiger partial charge on any atom is 1.00 e. The predicted octanol–water partition coefficient (Wildman–Crippen LogP) is -0.223. The molecule has 114 valence electrons. The van der Waals surface area contributed by atoms with Crippen LogP contribution in [0.15, 0.2) is 0 Å². The molecule has 1 unspecified atom stereocenters. The van der Waals surface area contributed by atoms with E-state index < -0.39 is 8.25 Å². The molecule has 0 fully saturated rings. The second kappa shape index (κ2) is 24.6. The Kier molecular flexibility index (Phi) is 37.0. The van der Waals surface area contributed by atoms with Gasteiger partial charge in [-0.1, -0.05) is 40.0 Å². The summed E-state index contributed by atoms with van der Waals surface area (Å²) in [5.41, 5.74) is 0. The molecular formula is C12H31NaO4P2. The Hall–Kier alpha value is 1.54. The smallest absolute Gasteiger partial charge is 0.781 e. The quantitative estimate of drug-likeness (QED) is 0.469. The van der Waals surface area contributed by atoms with Gasteiger partial charge in [0, 0.05) is 0 Å². The van der Waals surface area contributed by atoms with E-state index in [4.69, 9.17) is 14.4 Å². The van der Waals surface area contributed by atoms with Crippen LogP contribution >= 0.6 is 16.2 Å². The van der Waals surface area contributed by atoms with Gasteiger partial charge in [0.05, 0.1) is 0 Å². The molecule has 0 aliphatic rings. The molecule has 0 aliphatic carbocycles. The molecular weight excluding hydrogens is 293 g/mol. The number of hydrogen-bond acceptors (Lipinski definition) is 2. The van der Waals surface area contributed by atoms with E-state index in [0.29, 0.717) is 7.92 Å². The Morgan fingerprint density at radius 1 is 0.947 bits per heavy atom. The minimum absolute atomic E-state index is 0. The third-order valence-corrected chi connectivity index (χ3v) is 5.33. The van der Waals surface area contributed by atoms with Gasteiger partial charge in [-0.15, -0.1) is 7.92 Å². The van der Waals surface area contributed by atoms with Gasteiger partial charge < -0.3 is 19.8 Å². The monoisotopic (exact) mass is 324 g/mol. The molecule has 0 aromatic carbocycles. The summed E-state index contributed by atoms with van der Waals surface area (Å²) in [4.78, 5) is 15.7. The first-order valence-corrected chi connectivity index (χ1v) is 9.86. The van der Waals surface area contributed by atoms with Crippen molar-refractivity contribution in [2.45, 2.75) is 59.3 Å². The summed E-state index contributed by atoms with van der Waals surface area (Å²) in [6.07, 6.45) is 13.2. The molecule has 0 amide bonds. The summed E-state index contributed by atoms with van der Waals surface area (Å²) in [6, 6.07) is 0. The minimum Gasteiger partial charge on any atom is -0.781 e. The average Bonchev–Trinajstić information content (AvgIpc) is 2.27. The predicted molar refractivity (Wildman–Crippen MR) is 81.1 cm³/mol. The molecule has 0 bridgehead atoms. The van der Waals surface area contributed by atoms with E-state index in [9.17, 15) is 0 Å². The van der Waals surface area contributed by atoms with E-state index in [0.717, 1.165) is 0 Å². The van der Waals surface area contributed by atoms with Gasteiger partial charge in [0.2, 0.25) is 0 Å². The van der Waals surface area contributed by atoms with Crippen molar-refractivity contribution in [2.24, 2.45) is 0 Å². The normalized spacial score (nSPS) is 10.8. The second-order valence-electron chi connectivity index (χ2n) is 4.17. The fraction of sp³-hybridized carbons (Fsp3) is 1.00. The van der Waals surface area contributed by atoms with Gasteiger partial charge in [-0.25, -0.2) is 0 Å². The first-order chi connectivity index (χ1) is 8.08. The summed E-state index contributed by atoms with van der Waals surface area (Å²) in [5.74, 6) is 0. The van der Waals surface area contributed by atoms with Crippen LogP contribution in [0.2, 0.25) is 0 Å². The first-order valence-electron chi connectivity index (χ1n) is 6.70. The van der Waals surface area contributed by atoms with Crippen molar-refractivity contribution < 1.29 is 49.4 Å². The second-order valence-corrected chi connectivity index (χ2v) is 7.38. The summed E-state index contributed by atoms with van der Waals surface area (Å²) in [7, 11) is -2.96. The largest absolute Gasteiger partial charge is 1.00 e. The van der Waals surface area contributed by atoms with Crippen molar-refractivity contribution in [3.05, 3.63) is 0 Å². The van der Waals surface area contributed by atoms with Crippen molar-refractivity contribution in [1.29, 1.82) is 0 Å². The standard InChI is InChI=1S/C12H27P.Na.H3O3P.H2O/c1-4-7-10-13(11-8-5-2)12-9-6-3;;1-4(2)3;/h4-12H2,1-3H3;;4H,(H2,1,2,3);1H2/q;+1;;/p-1. The third-order valence-electron chi connectivity index (χ3n) is 2.48. The Morgan fingerprint density at radius 2 is 1.16 bits per heavy atom. The zero-order chi connectivity index (χ0) is 13.5. The minimum atomic E-state index is -3.38. The van der Waals surface area contributed by atoms with Gasteiger partial charge in [-0.2, -0.15) is 0 Å². The van der Waals surface area contributed by atoms with Gasteiger partial charge in [0.1, 0.15) is 8.25 Å². The maximum absolute atomic E-state index is 8.63. The summed E-state index contributed by atoms with van der Waals surface area (Å²) >= 11 is 0. The van der Waals surface area contributed by atoms with Crippen molar-refractivity contribution in [1.82, 2.24) is 0 Å². The van der Waals surface area contributed by atoms with Crippen LogP contribution in [0.25, 0.3) is 0 Å². The molecule has 4 nitrogen and oxygen atoms in total. The zero-order valence-electron chi connectivity index (χ0n) is 13.1. The summed E-state index contributed by atoms with van der Waals surface area (Å²) < 4.78 is 8.63. The fourth-order valence-corrected chi connectivity index (χ4v) is 4.44. The molecule has 19 heavy (non-hydrogen) atoms. The van der Waals surface area contributed by atoms with Gasteiger partial charge in [-0.05, 0) is 37.7 Å². The van der Waals surface area contributed by atoms with E-state index in [1.165, 1.54) is 38.5 Å². The molecule has 0 saturated heterocycles. The van der Waals surface area contributed by atoms with Crippen LogP contribution in [0.1, 0.15) is 59.3 Å². The average molecular weight is 324 g/mol. The van der Waals surface area contributed by atoms with Crippen molar-refractivity contribution >= 4 is 16.2 Å². The molecule has 1 atom stereocenters. The SMILES string of the molecule is CCCCP(CCCC)CCCC.O.O=[PH]([O-])O.[Na+]. The molecule has 0 aromatic heterocycles. The Labute approximate surface area is 143 Å². The van der Waals surface area contributed by atoms with Crippen LogP contribution < -0.4 is 34.5 Å². The van der Waals surface area contributed by atoms with Crippen molar-refractivity contribution in [3.63, 3.8) is 0 Å². The van der Waals surface area contributed by atoms with Crippen LogP contribution in [-0.2, 0) is 4.57 Å². The van der Waals surface area contributed by atoms with E-state index in [2.05, 4.69) is 20.8 Å². The summed E-state index contributed by atoms with van der Waals surface area (Å²) in [5, 5.41) is 0. The maximum atomic E-state index is 8.63. The van der Waals surface area contributed by atoms with Crippen LogP contribution in [0.5, 0.6) is 0 Å². The topological polar surface area (TPSA) is 91.9 Å². The Morgan fingerprint density at radius 3 is 1.32 bits per heavy atom. The molecule has 0 radical (unpaired) electrons. The zero-order valence-corrected chi connectivity index (χ0v) is 17.0. The van der Waals surface area contributed by atoms with Gasteiger partial charge in [0.15, 0.2) is 0 Å². The van der Waals surface area contributed by atoms with E-state index >= 15 is 0 Å². The number of rotatable bonds is 9. The number of hydrogen-bond donors (Lipinski definition) is 1. The molecule has 7 heteroatoms. The van der Waals surface area contributed by atoms with Crippen molar-refractivity contribution in [2.75, 3.05) is 18.5 Å². The van der Waals surface area contributed by atoms with Gasteiger partial charge in [0.25, 0.3) is 0 Å². The molecule has 0 aromatic rings.